The minimum absolute atomic E-state index is 0.813. The first-order valence-electron chi connectivity index (χ1n) is 2.39. The highest BCUT2D eigenvalue weighted by atomic mass is 14.6. The van der Waals surface area contributed by atoms with Gasteiger partial charge in [-0.2, -0.15) is 0 Å². The lowest BCUT2D eigenvalue weighted by atomic mass is 10.4. The highest BCUT2D eigenvalue weighted by Gasteiger charge is 1.77. The first kappa shape index (κ1) is 5.04. The minimum atomic E-state index is 0.813. The summed E-state index contributed by atoms with van der Waals surface area (Å²) in [5, 5.41) is 0. The van der Waals surface area contributed by atoms with Gasteiger partial charge in [-0.1, -0.05) is 12.6 Å². The first-order valence-corrected chi connectivity index (χ1v) is 2.39. The fraction of sp³-hybridized carbons (Fsp3) is 0. The number of rotatable bonds is 1. The Morgan fingerprint density at radius 3 is 2.75 bits per heavy atom. The van der Waals surface area contributed by atoms with Crippen LogP contribution >= 0.6 is 0 Å². The highest BCUT2D eigenvalue weighted by Crippen LogP contribution is 1.91. The third kappa shape index (κ3) is 0.936. The van der Waals surface area contributed by atoms with Crippen molar-refractivity contribution < 1.29 is 0 Å². The van der Waals surface area contributed by atoms with Crippen LogP contribution in [0.15, 0.2) is 24.4 Å². The molecule has 0 saturated heterocycles. The molecule has 1 radical (unpaired) electrons. The molecule has 0 saturated carbocycles. The molecule has 1 aromatic heterocycles. The molecule has 0 aliphatic carbocycles. The van der Waals surface area contributed by atoms with E-state index < -0.39 is 0 Å². The molecule has 1 heterocycles. The van der Waals surface area contributed by atoms with Crippen LogP contribution in [0.2, 0.25) is 0 Å². The Balaban J connectivity index is 2.99. The van der Waals surface area contributed by atoms with Crippen LogP contribution in [0.4, 0.5) is 0 Å². The summed E-state index contributed by atoms with van der Waals surface area (Å²) in [6, 6.07) is 5.60. The zero-order chi connectivity index (χ0) is 5.82. The van der Waals surface area contributed by atoms with Gasteiger partial charge in [-0.3, -0.25) is 4.98 Å². The van der Waals surface area contributed by atoms with Gasteiger partial charge in [-0.25, -0.2) is 0 Å². The zero-order valence-electron chi connectivity index (χ0n) is 4.41. The van der Waals surface area contributed by atoms with Crippen LogP contribution in [-0.4, -0.2) is 4.98 Å². The average molecular weight is 104 g/mol. The van der Waals surface area contributed by atoms with Gasteiger partial charge < -0.3 is 0 Å². The van der Waals surface area contributed by atoms with E-state index in [-0.39, 0.29) is 0 Å². The lowest BCUT2D eigenvalue weighted by Crippen LogP contribution is -1.73. The predicted molar refractivity (Wildman–Crippen MR) is 33.0 cm³/mol. The molecule has 1 heteroatoms. The van der Waals surface area contributed by atoms with E-state index in [1.807, 2.05) is 18.2 Å². The maximum absolute atomic E-state index is 5.16. The normalized spacial score (nSPS) is 8.50. The summed E-state index contributed by atoms with van der Waals surface area (Å²) in [5.74, 6) is 0. The molecule has 0 aliphatic rings. The summed E-state index contributed by atoms with van der Waals surface area (Å²) in [6.45, 7) is 5.16. The van der Waals surface area contributed by atoms with E-state index in [2.05, 4.69) is 4.98 Å². The highest BCUT2D eigenvalue weighted by molar-refractivity contribution is 5.38. The second kappa shape index (κ2) is 2.26. The van der Waals surface area contributed by atoms with Crippen molar-refractivity contribution in [1.29, 1.82) is 0 Å². The van der Waals surface area contributed by atoms with E-state index in [4.69, 9.17) is 6.58 Å². The van der Waals surface area contributed by atoms with Gasteiger partial charge in [0.2, 0.25) is 0 Å². The predicted octanol–water partition coefficient (Wildman–Crippen LogP) is 1.53. The number of aromatic nitrogens is 1. The van der Waals surface area contributed by atoms with Gasteiger partial charge >= 0.3 is 0 Å². The van der Waals surface area contributed by atoms with Crippen LogP contribution in [-0.2, 0) is 0 Å². The Kier molecular flexibility index (Phi) is 1.42. The van der Waals surface area contributed by atoms with Crippen LogP contribution in [0.3, 0.4) is 0 Å². The summed E-state index contributed by atoms with van der Waals surface area (Å²) in [5.41, 5.74) is 0.813. The molecule has 0 atom stereocenters. The van der Waals surface area contributed by atoms with Crippen LogP contribution in [0.5, 0.6) is 0 Å². The van der Waals surface area contributed by atoms with Crippen molar-refractivity contribution in [3.63, 3.8) is 0 Å². The summed E-state index contributed by atoms with van der Waals surface area (Å²) in [6.07, 6.45) is 3.18. The summed E-state index contributed by atoms with van der Waals surface area (Å²) in [7, 11) is 0. The van der Waals surface area contributed by atoms with E-state index in [1.54, 1.807) is 6.20 Å². The zero-order valence-corrected chi connectivity index (χ0v) is 4.41. The second-order valence-electron chi connectivity index (χ2n) is 1.42. The smallest absolute Gasteiger partial charge is 0.0629 e. The van der Waals surface area contributed by atoms with Crippen LogP contribution in [0.25, 0.3) is 6.08 Å². The van der Waals surface area contributed by atoms with Crippen molar-refractivity contribution in [3.05, 3.63) is 36.7 Å². The molecule has 0 N–H and O–H groups in total. The van der Waals surface area contributed by atoms with Crippen LogP contribution in [0.1, 0.15) is 5.69 Å². The number of hydrogen-bond donors (Lipinski definition) is 0. The minimum Gasteiger partial charge on any atom is -0.257 e. The van der Waals surface area contributed by atoms with Crippen molar-refractivity contribution in [2.45, 2.75) is 0 Å². The molecule has 0 fully saturated rings. The van der Waals surface area contributed by atoms with E-state index >= 15 is 0 Å². The van der Waals surface area contributed by atoms with Gasteiger partial charge in [0.25, 0.3) is 0 Å². The van der Waals surface area contributed by atoms with Crippen molar-refractivity contribution in [2.75, 3.05) is 0 Å². The molecular formula is C7H6N. The maximum atomic E-state index is 5.16. The molecule has 1 nitrogen and oxygen atoms in total. The van der Waals surface area contributed by atoms with Crippen LogP contribution < -0.4 is 0 Å². The molecule has 39 valence electrons. The molecular weight excluding hydrogens is 98.1 g/mol. The van der Waals surface area contributed by atoms with Gasteiger partial charge in [-0.15, -0.1) is 0 Å². The lowest BCUT2D eigenvalue weighted by molar-refractivity contribution is 1.30. The Labute approximate surface area is 48.7 Å². The van der Waals surface area contributed by atoms with Gasteiger partial charge in [0.05, 0.1) is 5.69 Å². The fourth-order valence-electron chi connectivity index (χ4n) is 0.475. The van der Waals surface area contributed by atoms with Gasteiger partial charge in [0.1, 0.15) is 0 Å². The summed E-state index contributed by atoms with van der Waals surface area (Å²) >= 11 is 0. The van der Waals surface area contributed by atoms with E-state index in [0.29, 0.717) is 0 Å². The first-order chi connectivity index (χ1) is 3.93. The number of hydrogen-bond acceptors (Lipinski definition) is 1. The fourth-order valence-corrected chi connectivity index (χ4v) is 0.475. The summed E-state index contributed by atoms with van der Waals surface area (Å²) < 4.78 is 0. The molecule has 0 unspecified atom stereocenters. The molecule has 0 spiro atoms. The van der Waals surface area contributed by atoms with Crippen molar-refractivity contribution in [1.82, 2.24) is 4.98 Å². The second-order valence-corrected chi connectivity index (χ2v) is 1.42. The molecule has 1 aromatic rings. The molecule has 0 aliphatic heterocycles. The van der Waals surface area contributed by atoms with Crippen molar-refractivity contribution in [2.24, 2.45) is 0 Å². The molecule has 1 rings (SSSR count). The maximum Gasteiger partial charge on any atom is 0.0629 e. The molecule has 8 heavy (non-hydrogen) atoms. The molecule has 0 bridgehead atoms. The van der Waals surface area contributed by atoms with Crippen molar-refractivity contribution >= 4 is 6.08 Å². The van der Waals surface area contributed by atoms with E-state index in [9.17, 15) is 0 Å². The van der Waals surface area contributed by atoms with E-state index in [0.717, 1.165) is 5.69 Å². The third-order valence-electron chi connectivity index (χ3n) is 0.859. The molecule has 0 aromatic carbocycles. The quantitative estimate of drug-likeness (QED) is 0.526. The Morgan fingerprint density at radius 2 is 2.38 bits per heavy atom. The largest absolute Gasteiger partial charge is 0.257 e. The third-order valence-corrected chi connectivity index (χ3v) is 0.859. The number of nitrogens with zero attached hydrogens (tertiary/aromatic N) is 1. The number of pyridine rings is 1. The van der Waals surface area contributed by atoms with Crippen molar-refractivity contribution in [3.8, 4) is 0 Å². The lowest BCUT2D eigenvalue weighted by Gasteiger charge is -1.84. The van der Waals surface area contributed by atoms with Gasteiger partial charge in [-0.05, 0) is 18.2 Å². The molecule has 0 amide bonds. The van der Waals surface area contributed by atoms with E-state index in [1.165, 1.54) is 6.08 Å². The summed E-state index contributed by atoms with van der Waals surface area (Å²) in [4.78, 5) is 3.92. The monoisotopic (exact) mass is 104 g/mol. The SMILES string of the molecule is [CH]=Cc1ccccn1. The Hall–Kier alpha value is -1.11. The Morgan fingerprint density at radius 1 is 1.50 bits per heavy atom. The van der Waals surface area contributed by atoms with Gasteiger partial charge in [0.15, 0.2) is 0 Å². The van der Waals surface area contributed by atoms with Crippen LogP contribution in [0, 0.1) is 6.58 Å². The topological polar surface area (TPSA) is 12.9 Å². The standard InChI is InChI=1S/C7H6N/c1-2-7-5-3-4-6-8-7/h1-6H. The Bertz CT molecular complexity index is 167. The van der Waals surface area contributed by atoms with Gasteiger partial charge in [0, 0.05) is 6.20 Å². The average Bonchev–Trinajstić information content (AvgIpc) is 1.90.